The minimum Gasteiger partial charge on any atom is -0.497 e. The molecule has 31 heavy (non-hydrogen) atoms. The fourth-order valence-corrected chi connectivity index (χ4v) is 3.62. The molecule has 1 atom stereocenters. The van der Waals surface area contributed by atoms with E-state index in [2.05, 4.69) is 10.2 Å². The van der Waals surface area contributed by atoms with Gasteiger partial charge < -0.3 is 14.1 Å². The fourth-order valence-electron chi connectivity index (χ4n) is 3.62. The summed E-state index contributed by atoms with van der Waals surface area (Å²) in [5, 5.41) is 8.07. The van der Waals surface area contributed by atoms with E-state index in [1.165, 1.54) is 12.1 Å². The maximum Gasteiger partial charge on any atom is 0.416 e. The molecule has 6 nitrogen and oxygen atoms in total. The molecule has 1 fully saturated rings. The maximum atomic E-state index is 12.9. The summed E-state index contributed by atoms with van der Waals surface area (Å²) in [7, 11) is 1.55. The molecule has 4 rings (SSSR count). The zero-order valence-electron chi connectivity index (χ0n) is 16.7. The number of piperidine rings is 1. The van der Waals surface area contributed by atoms with Crippen molar-refractivity contribution in [3.63, 3.8) is 0 Å². The number of nitrogens with zero attached hydrogens (tertiary/aromatic N) is 3. The number of hydrogen-bond donors (Lipinski definition) is 0. The first-order valence-electron chi connectivity index (χ1n) is 9.79. The second-order valence-corrected chi connectivity index (χ2v) is 7.34. The minimum absolute atomic E-state index is 0.105. The van der Waals surface area contributed by atoms with Gasteiger partial charge in [-0.1, -0.05) is 6.07 Å². The lowest BCUT2D eigenvalue weighted by Gasteiger charge is -2.31. The summed E-state index contributed by atoms with van der Waals surface area (Å²) in [6, 6.07) is 11.5. The lowest BCUT2D eigenvalue weighted by molar-refractivity contribution is -0.137. The molecule has 0 bridgehead atoms. The Hall–Kier alpha value is -3.36. The third kappa shape index (κ3) is 4.55. The first-order chi connectivity index (χ1) is 14.8. The van der Waals surface area contributed by atoms with E-state index in [4.69, 9.17) is 9.15 Å². The van der Waals surface area contributed by atoms with Crippen LogP contribution < -0.4 is 4.74 Å². The second-order valence-electron chi connectivity index (χ2n) is 7.34. The number of hydrogen-bond acceptors (Lipinski definition) is 5. The van der Waals surface area contributed by atoms with Gasteiger partial charge in [-0.05, 0) is 55.3 Å². The summed E-state index contributed by atoms with van der Waals surface area (Å²) < 4.78 is 49.2. The van der Waals surface area contributed by atoms with Gasteiger partial charge in [-0.3, -0.25) is 4.79 Å². The molecule has 9 heteroatoms. The molecule has 1 saturated heterocycles. The first-order valence-corrected chi connectivity index (χ1v) is 9.79. The molecular formula is C22H20F3N3O3. The normalized spacial score (nSPS) is 16.9. The molecule has 0 aliphatic carbocycles. The molecule has 162 valence electrons. The van der Waals surface area contributed by atoms with Crippen LogP contribution in [0, 0.1) is 0 Å². The third-order valence-electron chi connectivity index (χ3n) is 5.27. The van der Waals surface area contributed by atoms with Gasteiger partial charge in [0.25, 0.3) is 5.91 Å². The van der Waals surface area contributed by atoms with Crippen molar-refractivity contribution >= 4 is 5.91 Å². The van der Waals surface area contributed by atoms with E-state index >= 15 is 0 Å². The number of carbonyl (C=O) groups excluding carboxylic acids is 1. The number of likely N-dealkylation sites (tertiary alicyclic amines) is 1. The Morgan fingerprint density at radius 1 is 1.16 bits per heavy atom. The minimum atomic E-state index is -4.40. The van der Waals surface area contributed by atoms with Crippen LogP contribution in [0.1, 0.15) is 40.6 Å². The summed E-state index contributed by atoms with van der Waals surface area (Å²) in [6.07, 6.45) is -2.85. The van der Waals surface area contributed by atoms with Crippen molar-refractivity contribution in [2.75, 3.05) is 20.2 Å². The molecule has 1 amide bonds. The van der Waals surface area contributed by atoms with Gasteiger partial charge in [-0.15, -0.1) is 10.2 Å². The smallest absolute Gasteiger partial charge is 0.416 e. The average Bonchev–Trinajstić information content (AvgIpc) is 3.29. The van der Waals surface area contributed by atoms with Crippen molar-refractivity contribution in [1.29, 1.82) is 0 Å². The molecule has 1 aromatic heterocycles. The van der Waals surface area contributed by atoms with Crippen LogP contribution in [0.15, 0.2) is 52.9 Å². The van der Waals surface area contributed by atoms with E-state index in [1.54, 1.807) is 36.3 Å². The van der Waals surface area contributed by atoms with Crippen LogP contribution in [-0.4, -0.2) is 41.2 Å². The number of benzene rings is 2. The molecular weight excluding hydrogens is 411 g/mol. The number of methoxy groups -OCH3 is 1. The highest BCUT2D eigenvalue weighted by molar-refractivity contribution is 5.94. The summed E-state index contributed by atoms with van der Waals surface area (Å²) in [5.74, 6) is 0.889. The van der Waals surface area contributed by atoms with E-state index in [0.29, 0.717) is 35.9 Å². The summed E-state index contributed by atoms with van der Waals surface area (Å²) in [4.78, 5) is 14.6. The number of carbonyl (C=O) groups is 1. The molecule has 1 aliphatic heterocycles. The number of amides is 1. The van der Waals surface area contributed by atoms with Crippen molar-refractivity contribution in [1.82, 2.24) is 15.1 Å². The number of aromatic nitrogens is 2. The van der Waals surface area contributed by atoms with E-state index < -0.39 is 11.7 Å². The van der Waals surface area contributed by atoms with E-state index in [0.717, 1.165) is 25.0 Å². The van der Waals surface area contributed by atoms with Crippen molar-refractivity contribution in [3.05, 3.63) is 65.5 Å². The van der Waals surface area contributed by atoms with E-state index in [1.807, 2.05) is 0 Å². The standard InChI is InChI=1S/C22H20F3N3O3/c1-30-18-6-2-4-15(12-18)21(29)28-11-3-5-16(13-28)20-27-26-19(31-20)14-7-9-17(10-8-14)22(23,24)25/h2,4,6-10,12,16H,3,5,11,13H2,1H3. The van der Waals surface area contributed by atoms with Crippen LogP contribution in [0.2, 0.25) is 0 Å². The summed E-state index contributed by atoms with van der Waals surface area (Å²) in [6.45, 7) is 1.04. The van der Waals surface area contributed by atoms with E-state index in [-0.39, 0.29) is 17.7 Å². The maximum absolute atomic E-state index is 12.9. The topological polar surface area (TPSA) is 68.5 Å². The SMILES string of the molecule is COc1cccc(C(=O)N2CCCC(c3nnc(-c4ccc(C(F)(F)F)cc4)o3)C2)c1. The zero-order chi connectivity index (χ0) is 22.0. The Kier molecular flexibility index (Phi) is 5.67. The van der Waals surface area contributed by atoms with Crippen LogP contribution in [0.5, 0.6) is 5.75 Å². The van der Waals surface area contributed by atoms with Gasteiger partial charge >= 0.3 is 6.18 Å². The largest absolute Gasteiger partial charge is 0.497 e. The van der Waals surface area contributed by atoms with Gasteiger partial charge in [0.2, 0.25) is 11.8 Å². The van der Waals surface area contributed by atoms with Crippen molar-refractivity contribution in [2.45, 2.75) is 24.9 Å². The average molecular weight is 431 g/mol. The molecule has 0 N–H and O–H groups in total. The molecule has 1 aliphatic rings. The van der Waals surface area contributed by atoms with Gasteiger partial charge in [0.1, 0.15) is 5.75 Å². The van der Waals surface area contributed by atoms with Crippen LogP contribution in [0.4, 0.5) is 13.2 Å². The second kappa shape index (κ2) is 8.41. The van der Waals surface area contributed by atoms with Crippen molar-refractivity contribution in [2.24, 2.45) is 0 Å². The predicted octanol–water partition coefficient (Wildman–Crippen LogP) is 4.78. The first kappa shape index (κ1) is 20.9. The van der Waals surface area contributed by atoms with Gasteiger partial charge in [-0.2, -0.15) is 13.2 Å². The Bertz CT molecular complexity index is 1060. The Labute approximate surface area is 176 Å². The van der Waals surface area contributed by atoms with Crippen molar-refractivity contribution < 1.29 is 27.1 Å². The molecule has 0 saturated carbocycles. The molecule has 0 radical (unpaired) electrons. The Balaban J connectivity index is 1.48. The predicted molar refractivity (Wildman–Crippen MR) is 106 cm³/mol. The molecule has 3 aromatic rings. The van der Waals surface area contributed by atoms with Crippen LogP contribution in [-0.2, 0) is 6.18 Å². The Morgan fingerprint density at radius 3 is 2.65 bits per heavy atom. The molecule has 2 heterocycles. The van der Waals surface area contributed by atoms with Crippen LogP contribution in [0.3, 0.4) is 0 Å². The quantitative estimate of drug-likeness (QED) is 0.595. The zero-order valence-corrected chi connectivity index (χ0v) is 16.7. The van der Waals surface area contributed by atoms with Crippen molar-refractivity contribution in [3.8, 4) is 17.2 Å². The van der Waals surface area contributed by atoms with Gasteiger partial charge in [0.15, 0.2) is 0 Å². The lowest BCUT2D eigenvalue weighted by atomic mass is 9.97. The molecule has 0 spiro atoms. The Morgan fingerprint density at radius 2 is 1.94 bits per heavy atom. The van der Waals surface area contributed by atoms with Crippen LogP contribution >= 0.6 is 0 Å². The number of halogens is 3. The van der Waals surface area contributed by atoms with Crippen LogP contribution in [0.25, 0.3) is 11.5 Å². The highest BCUT2D eigenvalue weighted by atomic mass is 19.4. The fraction of sp³-hybridized carbons (Fsp3) is 0.318. The monoisotopic (exact) mass is 431 g/mol. The highest BCUT2D eigenvalue weighted by Gasteiger charge is 2.31. The number of alkyl halides is 3. The molecule has 2 aromatic carbocycles. The van der Waals surface area contributed by atoms with Gasteiger partial charge in [0, 0.05) is 24.2 Å². The van der Waals surface area contributed by atoms with Gasteiger partial charge in [-0.25, -0.2) is 0 Å². The number of rotatable bonds is 4. The summed E-state index contributed by atoms with van der Waals surface area (Å²) >= 11 is 0. The number of ether oxygens (including phenoxy) is 1. The third-order valence-corrected chi connectivity index (χ3v) is 5.27. The molecule has 1 unspecified atom stereocenters. The van der Waals surface area contributed by atoms with Gasteiger partial charge in [0.05, 0.1) is 18.6 Å². The van der Waals surface area contributed by atoms with E-state index in [9.17, 15) is 18.0 Å². The summed E-state index contributed by atoms with van der Waals surface area (Å²) in [5.41, 5.74) is 0.206. The lowest BCUT2D eigenvalue weighted by Crippen LogP contribution is -2.39. The highest BCUT2D eigenvalue weighted by Crippen LogP contribution is 2.32.